The molecule has 0 bridgehead atoms. The maximum absolute atomic E-state index is 12.7. The fourth-order valence-corrected chi connectivity index (χ4v) is 3.93. The topological polar surface area (TPSA) is 159 Å². The number of amides is 3. The number of hydrogen-bond donors (Lipinski definition) is 3. The highest BCUT2D eigenvalue weighted by Crippen LogP contribution is 2.32. The molecule has 0 radical (unpaired) electrons. The van der Waals surface area contributed by atoms with E-state index < -0.39 is 17.4 Å². The number of aromatic nitrogens is 2. The molecule has 3 amide bonds. The molecule has 40 heavy (non-hydrogen) atoms. The standard InChI is InChI=1S/C29H26N6O5/c1-29(2,13-18-4-7-20(8-5-18)33-26(36)19-6-9-22(14-30)32-15-19)35-28(38)27(37)34-21-10-11-23(24(12-21)39-3)25-16-31-17-40-25/h4-12,15-17H,13H2,1-3H3,(H,33,36)(H,34,37)(H,35,38). The summed E-state index contributed by atoms with van der Waals surface area (Å²) in [5.41, 5.74) is 2.30. The van der Waals surface area contributed by atoms with E-state index in [1.54, 1.807) is 50.4 Å². The van der Waals surface area contributed by atoms with Gasteiger partial charge >= 0.3 is 11.8 Å². The number of nitrogens with zero attached hydrogens (tertiary/aromatic N) is 3. The fourth-order valence-electron chi connectivity index (χ4n) is 3.93. The molecule has 3 N–H and O–H groups in total. The SMILES string of the molecule is COc1cc(NC(=O)C(=O)NC(C)(C)Cc2ccc(NC(=O)c3ccc(C#N)nc3)cc2)ccc1-c1cnco1. The number of carbonyl (C=O) groups excluding carboxylic acids is 3. The smallest absolute Gasteiger partial charge is 0.313 e. The first-order chi connectivity index (χ1) is 19.2. The highest BCUT2D eigenvalue weighted by molar-refractivity contribution is 6.39. The van der Waals surface area contributed by atoms with Crippen molar-refractivity contribution in [1.82, 2.24) is 15.3 Å². The van der Waals surface area contributed by atoms with Gasteiger partial charge in [0.05, 0.1) is 24.4 Å². The summed E-state index contributed by atoms with van der Waals surface area (Å²) in [6, 6.07) is 17.0. The van der Waals surface area contributed by atoms with Crippen LogP contribution in [0.4, 0.5) is 11.4 Å². The summed E-state index contributed by atoms with van der Waals surface area (Å²) in [7, 11) is 1.49. The Kier molecular flexibility index (Phi) is 8.20. The van der Waals surface area contributed by atoms with Crippen LogP contribution in [0.5, 0.6) is 5.75 Å². The van der Waals surface area contributed by atoms with Gasteiger partial charge < -0.3 is 25.1 Å². The Morgan fingerprint density at radius 3 is 2.35 bits per heavy atom. The molecule has 2 aromatic carbocycles. The van der Waals surface area contributed by atoms with Crippen molar-refractivity contribution in [3.8, 4) is 23.1 Å². The zero-order valence-corrected chi connectivity index (χ0v) is 22.0. The van der Waals surface area contributed by atoms with E-state index in [2.05, 4.69) is 25.9 Å². The van der Waals surface area contributed by atoms with Crippen molar-refractivity contribution in [3.05, 3.63) is 90.2 Å². The Morgan fingerprint density at radius 1 is 0.975 bits per heavy atom. The van der Waals surface area contributed by atoms with Gasteiger partial charge in [0, 0.05) is 29.2 Å². The lowest BCUT2D eigenvalue weighted by atomic mass is 9.94. The Balaban J connectivity index is 1.32. The van der Waals surface area contributed by atoms with E-state index in [1.165, 1.54) is 31.8 Å². The number of carbonyl (C=O) groups is 3. The number of methoxy groups -OCH3 is 1. The van der Waals surface area contributed by atoms with Crippen molar-refractivity contribution >= 4 is 29.1 Å². The van der Waals surface area contributed by atoms with Gasteiger partial charge in [-0.15, -0.1) is 0 Å². The van der Waals surface area contributed by atoms with Crippen LogP contribution >= 0.6 is 0 Å². The van der Waals surface area contributed by atoms with Crippen LogP contribution in [0.25, 0.3) is 11.3 Å². The number of pyridine rings is 1. The summed E-state index contributed by atoms with van der Waals surface area (Å²) in [5, 5.41) is 16.9. The summed E-state index contributed by atoms with van der Waals surface area (Å²) < 4.78 is 10.7. The van der Waals surface area contributed by atoms with E-state index in [-0.39, 0.29) is 11.6 Å². The molecular formula is C29H26N6O5. The minimum Gasteiger partial charge on any atom is -0.496 e. The third-order valence-electron chi connectivity index (χ3n) is 5.81. The van der Waals surface area contributed by atoms with Crippen molar-refractivity contribution < 1.29 is 23.5 Å². The molecule has 4 rings (SSSR count). The Labute approximate surface area is 230 Å². The summed E-state index contributed by atoms with van der Waals surface area (Å²) in [6.45, 7) is 3.61. The van der Waals surface area contributed by atoms with Crippen LogP contribution in [-0.2, 0) is 16.0 Å². The molecule has 0 saturated carbocycles. The van der Waals surface area contributed by atoms with Gasteiger partial charge in [0.15, 0.2) is 12.2 Å². The molecule has 0 aliphatic heterocycles. The lowest BCUT2D eigenvalue weighted by Crippen LogP contribution is -2.49. The second-order valence-electron chi connectivity index (χ2n) is 9.44. The van der Waals surface area contributed by atoms with E-state index in [9.17, 15) is 14.4 Å². The minimum atomic E-state index is -0.821. The maximum atomic E-state index is 12.7. The van der Waals surface area contributed by atoms with Gasteiger partial charge in [-0.3, -0.25) is 14.4 Å². The maximum Gasteiger partial charge on any atom is 0.313 e. The molecule has 0 fully saturated rings. The number of anilines is 2. The molecule has 0 spiro atoms. The van der Waals surface area contributed by atoms with E-state index in [4.69, 9.17) is 14.4 Å². The van der Waals surface area contributed by atoms with Gasteiger partial charge in [-0.05, 0) is 62.2 Å². The molecule has 202 valence electrons. The Bertz CT molecular complexity index is 1560. The number of oxazole rings is 1. The fraction of sp³-hybridized carbons (Fsp3) is 0.172. The van der Waals surface area contributed by atoms with Crippen LogP contribution in [0, 0.1) is 11.3 Å². The lowest BCUT2D eigenvalue weighted by molar-refractivity contribution is -0.137. The van der Waals surface area contributed by atoms with Crippen LogP contribution in [0.15, 0.2) is 77.8 Å². The molecule has 0 saturated heterocycles. The predicted octanol–water partition coefficient (Wildman–Crippen LogP) is 3.95. The number of nitrogens with one attached hydrogen (secondary N) is 3. The van der Waals surface area contributed by atoms with Gasteiger partial charge in [-0.2, -0.15) is 5.26 Å². The minimum absolute atomic E-state index is 0.228. The van der Waals surface area contributed by atoms with E-state index >= 15 is 0 Å². The number of hydrogen-bond acceptors (Lipinski definition) is 8. The molecular weight excluding hydrogens is 512 g/mol. The molecule has 2 aromatic heterocycles. The van der Waals surface area contributed by atoms with Crippen molar-refractivity contribution in [3.63, 3.8) is 0 Å². The van der Waals surface area contributed by atoms with Crippen LogP contribution in [0.3, 0.4) is 0 Å². The third-order valence-corrected chi connectivity index (χ3v) is 5.81. The summed E-state index contributed by atoms with van der Waals surface area (Å²) in [5.74, 6) is -1.01. The summed E-state index contributed by atoms with van der Waals surface area (Å²) >= 11 is 0. The molecule has 2 heterocycles. The van der Waals surface area contributed by atoms with Crippen molar-refractivity contribution in [2.45, 2.75) is 25.8 Å². The van der Waals surface area contributed by atoms with Gasteiger partial charge in [0.1, 0.15) is 17.5 Å². The highest BCUT2D eigenvalue weighted by Gasteiger charge is 2.25. The van der Waals surface area contributed by atoms with Gasteiger partial charge in [0.2, 0.25) is 0 Å². The second kappa shape index (κ2) is 11.9. The van der Waals surface area contributed by atoms with E-state index in [0.717, 1.165) is 5.56 Å². The summed E-state index contributed by atoms with van der Waals surface area (Å²) in [4.78, 5) is 45.5. The zero-order chi connectivity index (χ0) is 28.7. The number of nitriles is 1. The Hall–Kier alpha value is -5.50. The predicted molar refractivity (Wildman–Crippen MR) is 146 cm³/mol. The summed E-state index contributed by atoms with van der Waals surface area (Å²) in [6.07, 6.45) is 4.62. The number of benzene rings is 2. The van der Waals surface area contributed by atoms with Gasteiger partial charge in [-0.1, -0.05) is 12.1 Å². The van der Waals surface area contributed by atoms with Crippen LogP contribution in [0.2, 0.25) is 0 Å². The van der Waals surface area contributed by atoms with Crippen LogP contribution in [-0.4, -0.2) is 40.3 Å². The average molecular weight is 539 g/mol. The first kappa shape index (κ1) is 27.5. The number of ether oxygens (including phenoxy) is 1. The first-order valence-electron chi connectivity index (χ1n) is 12.1. The van der Waals surface area contributed by atoms with Crippen molar-refractivity contribution in [2.24, 2.45) is 0 Å². The van der Waals surface area contributed by atoms with E-state index in [0.29, 0.717) is 40.4 Å². The van der Waals surface area contributed by atoms with Crippen LogP contribution < -0.4 is 20.7 Å². The third kappa shape index (κ3) is 6.87. The normalized spacial score (nSPS) is 10.8. The highest BCUT2D eigenvalue weighted by atomic mass is 16.5. The average Bonchev–Trinajstić information content (AvgIpc) is 3.48. The van der Waals surface area contributed by atoms with Gasteiger partial charge in [-0.25, -0.2) is 9.97 Å². The Morgan fingerprint density at radius 2 is 1.73 bits per heavy atom. The second-order valence-corrected chi connectivity index (χ2v) is 9.44. The first-order valence-corrected chi connectivity index (χ1v) is 12.1. The molecule has 0 aliphatic rings. The lowest BCUT2D eigenvalue weighted by Gasteiger charge is -2.26. The van der Waals surface area contributed by atoms with Gasteiger partial charge in [0.25, 0.3) is 5.91 Å². The molecule has 0 atom stereocenters. The zero-order valence-electron chi connectivity index (χ0n) is 22.0. The number of rotatable bonds is 8. The molecule has 11 heteroatoms. The molecule has 0 unspecified atom stereocenters. The quantitative estimate of drug-likeness (QED) is 0.284. The molecule has 11 nitrogen and oxygen atoms in total. The van der Waals surface area contributed by atoms with Crippen molar-refractivity contribution in [2.75, 3.05) is 17.7 Å². The van der Waals surface area contributed by atoms with Crippen LogP contribution in [0.1, 0.15) is 35.5 Å². The monoisotopic (exact) mass is 538 g/mol. The largest absolute Gasteiger partial charge is 0.496 e. The molecule has 4 aromatic rings. The van der Waals surface area contributed by atoms with Crippen molar-refractivity contribution in [1.29, 1.82) is 5.26 Å². The molecule has 0 aliphatic carbocycles. The van der Waals surface area contributed by atoms with E-state index in [1.807, 2.05) is 18.2 Å².